The zero-order valence-electron chi connectivity index (χ0n) is 16.7. The molecule has 4 rings (SSSR count). The molecule has 0 radical (unpaired) electrons. The van der Waals surface area contributed by atoms with E-state index in [-0.39, 0.29) is 30.7 Å². The zero-order valence-corrected chi connectivity index (χ0v) is 16.7. The minimum absolute atomic E-state index is 0.0639. The lowest BCUT2D eigenvalue weighted by Crippen LogP contribution is -2.42. The van der Waals surface area contributed by atoms with E-state index in [0.717, 1.165) is 31.4 Å². The Morgan fingerprint density at radius 2 is 1.90 bits per heavy atom. The molecule has 0 spiro atoms. The van der Waals surface area contributed by atoms with Crippen LogP contribution in [-0.2, 0) is 22.4 Å². The second kappa shape index (κ2) is 8.69. The molecule has 0 unspecified atom stereocenters. The van der Waals surface area contributed by atoms with Crippen LogP contribution in [0.25, 0.3) is 0 Å². The van der Waals surface area contributed by atoms with E-state index in [1.54, 1.807) is 23.1 Å². The second-order valence-electron chi connectivity index (χ2n) is 8.02. The summed E-state index contributed by atoms with van der Waals surface area (Å²) in [6.45, 7) is 0.266. The van der Waals surface area contributed by atoms with Gasteiger partial charge in [-0.1, -0.05) is 35.8 Å². The third-order valence-electron chi connectivity index (χ3n) is 5.71. The van der Waals surface area contributed by atoms with E-state index >= 15 is 0 Å². The molecule has 0 N–H and O–H groups in total. The molecule has 1 fully saturated rings. The van der Waals surface area contributed by atoms with Gasteiger partial charge < -0.3 is 9.74 Å². The number of rotatable bonds is 6. The summed E-state index contributed by atoms with van der Waals surface area (Å²) in [5.41, 5.74) is 0.860. The summed E-state index contributed by atoms with van der Waals surface area (Å²) in [5, 5.41) is 4.04. The van der Waals surface area contributed by atoms with Crippen molar-refractivity contribution in [1.82, 2.24) is 4.90 Å². The van der Waals surface area contributed by atoms with Gasteiger partial charge in [-0.3, -0.25) is 4.79 Å². The summed E-state index contributed by atoms with van der Waals surface area (Å²) in [6, 6.07) is 11.0. The number of halogens is 4. The molecule has 31 heavy (non-hydrogen) atoms. The van der Waals surface area contributed by atoms with E-state index in [9.17, 15) is 22.4 Å². The summed E-state index contributed by atoms with van der Waals surface area (Å²) >= 11 is 0. The molecule has 1 saturated carbocycles. The fraction of sp³-hybridized carbons (Fsp3) is 0.391. The third-order valence-corrected chi connectivity index (χ3v) is 5.71. The minimum Gasteiger partial charge on any atom is -0.390 e. The number of benzene rings is 2. The Morgan fingerprint density at radius 1 is 1.13 bits per heavy atom. The lowest BCUT2D eigenvalue weighted by Gasteiger charge is -2.32. The van der Waals surface area contributed by atoms with Crippen molar-refractivity contribution in [2.75, 3.05) is 6.54 Å². The molecule has 1 aliphatic heterocycles. The molecule has 0 aromatic heterocycles. The largest absolute Gasteiger partial charge is 0.416 e. The number of carbonyl (C=O) groups excluding carboxylic acids is 1. The van der Waals surface area contributed by atoms with Crippen molar-refractivity contribution in [2.24, 2.45) is 11.1 Å². The normalized spacial score (nSPS) is 18.8. The fourth-order valence-corrected chi connectivity index (χ4v) is 3.82. The summed E-state index contributed by atoms with van der Waals surface area (Å²) in [5.74, 6) is -0.558. The van der Waals surface area contributed by atoms with E-state index in [0.29, 0.717) is 23.3 Å². The maximum absolute atomic E-state index is 13.5. The van der Waals surface area contributed by atoms with E-state index in [1.807, 2.05) is 0 Å². The van der Waals surface area contributed by atoms with Gasteiger partial charge in [-0.15, -0.1) is 0 Å². The van der Waals surface area contributed by atoms with Crippen molar-refractivity contribution in [3.05, 3.63) is 71.0 Å². The van der Waals surface area contributed by atoms with Crippen molar-refractivity contribution in [2.45, 2.75) is 44.5 Å². The van der Waals surface area contributed by atoms with Gasteiger partial charge in [-0.25, -0.2) is 4.39 Å². The van der Waals surface area contributed by atoms with E-state index in [1.165, 1.54) is 18.2 Å². The Bertz CT molecular complexity index is 986. The highest BCUT2D eigenvalue weighted by molar-refractivity contribution is 6.01. The predicted molar refractivity (Wildman–Crippen MR) is 107 cm³/mol. The molecule has 164 valence electrons. The standard InChI is InChI=1S/C23H22F4N2O2/c24-19-9-3-7-17(11-19)21-12-20(31-28-21)14-29(22(30)16-5-2-6-16)13-15-4-1-8-18(10-15)23(25,26)27/h1,3-4,7-11,16,20H,2,5-6,12-14H2/t20-/m0/s1. The van der Waals surface area contributed by atoms with Crippen LogP contribution in [-0.4, -0.2) is 29.2 Å². The van der Waals surface area contributed by atoms with Crippen molar-refractivity contribution in [3.8, 4) is 0 Å². The van der Waals surface area contributed by atoms with Crippen molar-refractivity contribution in [3.63, 3.8) is 0 Å². The molecule has 2 aromatic rings. The number of carbonyl (C=O) groups is 1. The summed E-state index contributed by atoms with van der Waals surface area (Å²) in [6.07, 6.45) is -1.95. The van der Waals surface area contributed by atoms with Gasteiger partial charge in [-0.05, 0) is 42.7 Å². The highest BCUT2D eigenvalue weighted by Crippen LogP contribution is 2.32. The first-order valence-electron chi connectivity index (χ1n) is 10.2. The van der Waals surface area contributed by atoms with Crippen LogP contribution in [0, 0.1) is 11.7 Å². The van der Waals surface area contributed by atoms with Gasteiger partial charge in [-0.2, -0.15) is 13.2 Å². The summed E-state index contributed by atoms with van der Waals surface area (Å²) in [7, 11) is 0. The average molecular weight is 434 g/mol. The van der Waals surface area contributed by atoms with Gasteiger partial charge in [0, 0.05) is 24.4 Å². The van der Waals surface area contributed by atoms with E-state index in [4.69, 9.17) is 4.84 Å². The molecular weight excluding hydrogens is 412 g/mol. The molecule has 1 heterocycles. The highest BCUT2D eigenvalue weighted by atomic mass is 19.4. The van der Waals surface area contributed by atoms with Crippen molar-refractivity contribution < 1.29 is 27.2 Å². The first-order valence-corrected chi connectivity index (χ1v) is 10.2. The Kier molecular flexibility index (Phi) is 5.98. The average Bonchev–Trinajstić information content (AvgIpc) is 3.14. The number of alkyl halides is 3. The number of hydrogen-bond acceptors (Lipinski definition) is 3. The predicted octanol–water partition coefficient (Wildman–Crippen LogP) is 5.17. The van der Waals surface area contributed by atoms with E-state index in [2.05, 4.69) is 5.16 Å². The van der Waals surface area contributed by atoms with Gasteiger partial charge in [0.25, 0.3) is 0 Å². The van der Waals surface area contributed by atoms with Crippen LogP contribution in [0.15, 0.2) is 53.7 Å². The monoisotopic (exact) mass is 434 g/mol. The van der Waals surface area contributed by atoms with Crippen LogP contribution in [0.5, 0.6) is 0 Å². The quantitative estimate of drug-likeness (QED) is 0.589. The number of nitrogens with zero attached hydrogens (tertiary/aromatic N) is 2. The lowest BCUT2D eigenvalue weighted by molar-refractivity contribution is -0.140. The molecule has 1 amide bonds. The van der Waals surface area contributed by atoms with Gasteiger partial charge in [0.1, 0.15) is 5.82 Å². The fourth-order valence-electron chi connectivity index (χ4n) is 3.82. The van der Waals surface area contributed by atoms with Gasteiger partial charge in [0.15, 0.2) is 6.10 Å². The van der Waals surface area contributed by atoms with E-state index < -0.39 is 17.8 Å². The highest BCUT2D eigenvalue weighted by Gasteiger charge is 2.34. The Labute approximate surface area is 177 Å². The first kappa shape index (κ1) is 21.3. The molecule has 0 saturated heterocycles. The lowest BCUT2D eigenvalue weighted by atomic mass is 9.84. The first-order chi connectivity index (χ1) is 14.8. The zero-order chi connectivity index (χ0) is 22.0. The SMILES string of the molecule is O=C(C1CCC1)N(Cc1cccc(C(F)(F)F)c1)C[C@@H]1CC(c2cccc(F)c2)=NO1. The Hall–Kier alpha value is -2.90. The Balaban J connectivity index is 1.47. The molecule has 2 aliphatic rings. The van der Waals surface area contributed by atoms with Crippen LogP contribution < -0.4 is 0 Å². The minimum atomic E-state index is -4.44. The van der Waals surface area contributed by atoms with Gasteiger partial charge >= 0.3 is 6.18 Å². The molecular formula is C23H22F4N2O2. The van der Waals surface area contributed by atoms with Crippen LogP contribution in [0.1, 0.15) is 42.4 Å². The molecule has 1 aliphatic carbocycles. The molecule has 0 bridgehead atoms. The molecule has 1 atom stereocenters. The van der Waals surface area contributed by atoms with Gasteiger partial charge in [0.2, 0.25) is 5.91 Å². The maximum atomic E-state index is 13.5. The Morgan fingerprint density at radius 3 is 2.58 bits per heavy atom. The maximum Gasteiger partial charge on any atom is 0.416 e. The second-order valence-corrected chi connectivity index (χ2v) is 8.02. The smallest absolute Gasteiger partial charge is 0.390 e. The topological polar surface area (TPSA) is 41.9 Å². The number of hydrogen-bond donors (Lipinski definition) is 0. The molecule has 8 heteroatoms. The number of oxime groups is 1. The van der Waals surface area contributed by atoms with Crippen LogP contribution in [0.4, 0.5) is 17.6 Å². The number of amides is 1. The van der Waals surface area contributed by atoms with Crippen LogP contribution in [0.3, 0.4) is 0 Å². The van der Waals surface area contributed by atoms with Crippen LogP contribution >= 0.6 is 0 Å². The third kappa shape index (κ3) is 5.06. The molecule has 2 aromatic carbocycles. The molecule has 4 nitrogen and oxygen atoms in total. The van der Waals surface area contributed by atoms with Crippen molar-refractivity contribution >= 4 is 11.6 Å². The van der Waals surface area contributed by atoms with Crippen molar-refractivity contribution in [1.29, 1.82) is 0 Å². The summed E-state index contributed by atoms with van der Waals surface area (Å²) in [4.78, 5) is 20.0. The van der Waals surface area contributed by atoms with Crippen LogP contribution in [0.2, 0.25) is 0 Å². The summed E-state index contributed by atoms with van der Waals surface area (Å²) < 4.78 is 52.7. The van der Waals surface area contributed by atoms with Gasteiger partial charge in [0.05, 0.1) is 17.8 Å².